The fraction of sp³-hybridized carbons (Fsp3) is 0.867. The van der Waals surface area contributed by atoms with E-state index >= 15 is 0 Å². The SMILES string of the molecule is CC(C)(C)OC(=O)N1CC2CCCC(C1)C2NC(=O)CCl. The van der Waals surface area contributed by atoms with Crippen LogP contribution in [0.3, 0.4) is 0 Å². The van der Waals surface area contributed by atoms with Crippen LogP contribution < -0.4 is 5.32 Å². The van der Waals surface area contributed by atoms with Gasteiger partial charge >= 0.3 is 6.09 Å². The highest BCUT2D eigenvalue weighted by atomic mass is 35.5. The number of carbonyl (C=O) groups is 2. The van der Waals surface area contributed by atoms with Crippen LogP contribution in [0.25, 0.3) is 0 Å². The van der Waals surface area contributed by atoms with Crippen molar-refractivity contribution < 1.29 is 14.3 Å². The predicted octanol–water partition coefficient (Wildman–Crippen LogP) is 2.38. The fourth-order valence-electron chi connectivity index (χ4n) is 3.37. The second-order valence-electron chi connectivity index (χ2n) is 7.06. The minimum absolute atomic E-state index is 0.00821. The molecule has 1 N–H and O–H groups in total. The number of alkyl halides is 1. The third-order valence-electron chi connectivity index (χ3n) is 4.18. The second-order valence-corrected chi connectivity index (χ2v) is 7.33. The number of rotatable bonds is 2. The molecule has 21 heavy (non-hydrogen) atoms. The van der Waals surface area contributed by atoms with E-state index in [0.717, 1.165) is 19.3 Å². The lowest BCUT2D eigenvalue weighted by Gasteiger charge is -2.47. The Hall–Kier alpha value is -0.970. The monoisotopic (exact) mass is 316 g/mol. The summed E-state index contributed by atoms with van der Waals surface area (Å²) in [5, 5.41) is 3.03. The lowest BCUT2D eigenvalue weighted by Crippen LogP contribution is -2.59. The van der Waals surface area contributed by atoms with Crippen molar-refractivity contribution in [3.8, 4) is 0 Å². The molecular formula is C15H25ClN2O3. The molecule has 1 heterocycles. The summed E-state index contributed by atoms with van der Waals surface area (Å²) in [5.74, 6) is 0.477. The minimum atomic E-state index is -0.476. The zero-order valence-corrected chi connectivity index (χ0v) is 13.8. The normalized spacial score (nSPS) is 29.0. The minimum Gasteiger partial charge on any atom is -0.444 e. The zero-order chi connectivity index (χ0) is 15.6. The van der Waals surface area contributed by atoms with Crippen LogP contribution in [0, 0.1) is 11.8 Å². The average molecular weight is 317 g/mol. The highest BCUT2D eigenvalue weighted by Gasteiger charge is 2.42. The summed E-state index contributed by atoms with van der Waals surface area (Å²) < 4.78 is 5.46. The molecule has 6 heteroatoms. The molecule has 1 aliphatic heterocycles. The van der Waals surface area contributed by atoms with Crippen molar-refractivity contribution in [1.82, 2.24) is 10.2 Å². The number of carbonyl (C=O) groups excluding carboxylic acids is 2. The van der Waals surface area contributed by atoms with Crippen LogP contribution in [0.4, 0.5) is 4.79 Å². The molecule has 120 valence electrons. The van der Waals surface area contributed by atoms with Crippen LogP contribution >= 0.6 is 11.6 Å². The Morgan fingerprint density at radius 1 is 1.24 bits per heavy atom. The van der Waals surface area contributed by atoms with Gasteiger partial charge in [0.2, 0.25) is 5.91 Å². The Morgan fingerprint density at radius 2 is 1.81 bits per heavy atom. The first-order valence-electron chi connectivity index (χ1n) is 7.63. The number of hydrogen-bond acceptors (Lipinski definition) is 3. The number of hydrogen-bond donors (Lipinski definition) is 1. The van der Waals surface area contributed by atoms with Gasteiger partial charge in [0.15, 0.2) is 0 Å². The van der Waals surface area contributed by atoms with Gasteiger partial charge in [0.1, 0.15) is 11.5 Å². The number of fused-ring (bicyclic) bond motifs is 2. The molecule has 0 aromatic carbocycles. The molecule has 0 aromatic rings. The van der Waals surface area contributed by atoms with Crippen LogP contribution in [0.5, 0.6) is 0 Å². The topological polar surface area (TPSA) is 58.6 Å². The maximum atomic E-state index is 12.2. The van der Waals surface area contributed by atoms with Crippen molar-refractivity contribution in [2.24, 2.45) is 11.8 Å². The van der Waals surface area contributed by atoms with Crippen LogP contribution in [0.15, 0.2) is 0 Å². The number of amides is 2. The van der Waals surface area contributed by atoms with Crippen molar-refractivity contribution in [3.05, 3.63) is 0 Å². The Morgan fingerprint density at radius 3 is 2.29 bits per heavy atom. The Kier molecular flexibility index (Phi) is 5.02. The maximum Gasteiger partial charge on any atom is 0.410 e. The summed E-state index contributed by atoms with van der Waals surface area (Å²) in [4.78, 5) is 25.6. The number of likely N-dealkylation sites (tertiary alicyclic amines) is 1. The highest BCUT2D eigenvalue weighted by molar-refractivity contribution is 6.27. The van der Waals surface area contributed by atoms with Crippen molar-refractivity contribution in [1.29, 1.82) is 0 Å². The summed E-state index contributed by atoms with van der Waals surface area (Å²) >= 11 is 5.58. The lowest BCUT2D eigenvalue weighted by atomic mass is 9.73. The van der Waals surface area contributed by atoms with Crippen LogP contribution in [-0.2, 0) is 9.53 Å². The number of piperidine rings is 1. The van der Waals surface area contributed by atoms with E-state index in [2.05, 4.69) is 5.32 Å². The van der Waals surface area contributed by atoms with E-state index in [1.54, 1.807) is 4.90 Å². The van der Waals surface area contributed by atoms with E-state index in [0.29, 0.717) is 24.9 Å². The molecule has 2 unspecified atom stereocenters. The fourth-order valence-corrected chi connectivity index (χ4v) is 3.45. The van der Waals surface area contributed by atoms with Gasteiger partial charge in [0, 0.05) is 19.1 Å². The largest absolute Gasteiger partial charge is 0.444 e. The molecule has 1 saturated heterocycles. The van der Waals surface area contributed by atoms with E-state index < -0.39 is 5.60 Å². The molecule has 0 spiro atoms. The van der Waals surface area contributed by atoms with Crippen molar-refractivity contribution in [3.63, 3.8) is 0 Å². The zero-order valence-electron chi connectivity index (χ0n) is 13.0. The molecule has 2 bridgehead atoms. The predicted molar refractivity (Wildman–Crippen MR) is 81.3 cm³/mol. The van der Waals surface area contributed by atoms with Gasteiger partial charge in [-0.1, -0.05) is 6.42 Å². The first-order chi connectivity index (χ1) is 9.80. The Labute approximate surface area is 131 Å². The average Bonchev–Trinajstić information content (AvgIpc) is 2.35. The van der Waals surface area contributed by atoms with Crippen LogP contribution in [-0.4, -0.2) is 47.5 Å². The Bertz CT molecular complexity index is 394. The molecule has 2 atom stereocenters. The molecule has 2 aliphatic rings. The van der Waals surface area contributed by atoms with E-state index in [-0.39, 0.29) is 23.9 Å². The molecule has 0 radical (unpaired) electrons. The summed E-state index contributed by atoms with van der Waals surface area (Å²) in [6.07, 6.45) is 2.97. The van der Waals surface area contributed by atoms with E-state index in [9.17, 15) is 9.59 Å². The molecule has 2 amide bonds. The van der Waals surface area contributed by atoms with Gasteiger partial charge in [-0.25, -0.2) is 4.79 Å². The molecule has 2 fully saturated rings. The van der Waals surface area contributed by atoms with E-state index in [4.69, 9.17) is 16.3 Å². The van der Waals surface area contributed by atoms with Gasteiger partial charge in [-0.3, -0.25) is 4.79 Å². The summed E-state index contributed by atoms with van der Waals surface area (Å²) in [5.41, 5.74) is -0.476. The third kappa shape index (κ3) is 4.25. The summed E-state index contributed by atoms with van der Waals surface area (Å²) in [6, 6.07) is 0.142. The van der Waals surface area contributed by atoms with Crippen molar-refractivity contribution >= 4 is 23.6 Å². The number of ether oxygens (including phenoxy) is 1. The third-order valence-corrected chi connectivity index (χ3v) is 4.42. The maximum absolute atomic E-state index is 12.2. The Balaban J connectivity index is 2.00. The molecule has 0 aromatic heterocycles. The number of halogens is 1. The van der Waals surface area contributed by atoms with Crippen molar-refractivity contribution in [2.45, 2.75) is 51.7 Å². The van der Waals surface area contributed by atoms with Gasteiger partial charge in [0.05, 0.1) is 0 Å². The summed E-state index contributed by atoms with van der Waals surface area (Å²) in [6.45, 7) is 6.93. The quantitative estimate of drug-likeness (QED) is 0.796. The molecule has 2 rings (SSSR count). The molecule has 1 saturated carbocycles. The van der Waals surface area contributed by atoms with Gasteiger partial charge in [-0.15, -0.1) is 11.6 Å². The van der Waals surface area contributed by atoms with Gasteiger partial charge in [-0.05, 0) is 45.4 Å². The lowest BCUT2D eigenvalue weighted by molar-refractivity contribution is -0.121. The summed E-state index contributed by atoms with van der Waals surface area (Å²) in [7, 11) is 0. The first-order valence-corrected chi connectivity index (χ1v) is 8.17. The second kappa shape index (κ2) is 6.42. The molecule has 5 nitrogen and oxygen atoms in total. The molecule has 1 aliphatic carbocycles. The first kappa shape index (κ1) is 16.4. The van der Waals surface area contributed by atoms with Crippen molar-refractivity contribution in [2.75, 3.05) is 19.0 Å². The van der Waals surface area contributed by atoms with Gasteiger partial charge < -0.3 is 15.0 Å². The van der Waals surface area contributed by atoms with Gasteiger partial charge in [0.25, 0.3) is 0 Å². The van der Waals surface area contributed by atoms with Gasteiger partial charge in [-0.2, -0.15) is 0 Å². The highest BCUT2D eigenvalue weighted by Crippen LogP contribution is 2.35. The smallest absolute Gasteiger partial charge is 0.410 e. The van der Waals surface area contributed by atoms with E-state index in [1.165, 1.54) is 0 Å². The number of nitrogens with one attached hydrogen (secondary N) is 1. The number of nitrogens with zero attached hydrogens (tertiary/aromatic N) is 1. The van der Waals surface area contributed by atoms with Crippen LogP contribution in [0.1, 0.15) is 40.0 Å². The van der Waals surface area contributed by atoms with Crippen LogP contribution in [0.2, 0.25) is 0 Å². The molecular weight excluding hydrogens is 292 g/mol. The van der Waals surface area contributed by atoms with E-state index in [1.807, 2.05) is 20.8 Å². The standard InChI is InChI=1S/C15H25ClN2O3/c1-15(2,3)21-14(20)18-8-10-5-4-6-11(9-18)13(10)17-12(19)7-16/h10-11,13H,4-9H2,1-3H3,(H,17,19).